The molecule has 1 aromatic carbocycles. The predicted octanol–water partition coefficient (Wildman–Crippen LogP) is 4.75. The molecule has 1 aliphatic heterocycles. The summed E-state index contributed by atoms with van der Waals surface area (Å²) in [7, 11) is 0. The molecule has 0 saturated heterocycles. The Morgan fingerprint density at radius 2 is 1.95 bits per heavy atom. The molecule has 1 heterocycles. The summed E-state index contributed by atoms with van der Waals surface area (Å²) in [6.07, 6.45) is 9.77. The van der Waals surface area contributed by atoms with Gasteiger partial charge in [0, 0.05) is 29.8 Å². The largest absolute Gasteiger partial charge is 0.493 e. The van der Waals surface area contributed by atoms with E-state index >= 15 is 0 Å². The van der Waals surface area contributed by atoms with E-state index in [0.717, 1.165) is 34.7 Å². The third-order valence-corrected chi connectivity index (χ3v) is 4.92. The van der Waals surface area contributed by atoms with Crippen molar-refractivity contribution in [2.24, 2.45) is 5.92 Å². The van der Waals surface area contributed by atoms with Crippen LogP contribution in [0.3, 0.4) is 0 Å². The van der Waals surface area contributed by atoms with Gasteiger partial charge in [-0.25, -0.2) is 0 Å². The predicted molar refractivity (Wildman–Crippen MR) is 85.2 cm³/mol. The van der Waals surface area contributed by atoms with E-state index in [1.54, 1.807) is 0 Å². The van der Waals surface area contributed by atoms with Crippen molar-refractivity contribution in [1.82, 2.24) is 0 Å². The van der Waals surface area contributed by atoms with Crippen LogP contribution in [-0.2, 0) is 17.6 Å². The third kappa shape index (κ3) is 3.79. The van der Waals surface area contributed by atoms with E-state index in [4.69, 9.17) is 16.3 Å². The lowest BCUT2D eigenvalue weighted by molar-refractivity contribution is -0.119. The lowest BCUT2D eigenvalue weighted by Crippen LogP contribution is -2.11. The van der Waals surface area contributed by atoms with Crippen molar-refractivity contribution >= 4 is 17.4 Å². The zero-order chi connectivity index (χ0) is 14.7. The number of benzene rings is 1. The maximum Gasteiger partial charge on any atom is 0.137 e. The molecule has 114 valence electrons. The lowest BCUT2D eigenvalue weighted by atomic mass is 9.92. The quantitative estimate of drug-likeness (QED) is 0.751. The number of ether oxygens (including phenoxy) is 1. The molecule has 0 N–H and O–H groups in total. The van der Waals surface area contributed by atoms with Crippen molar-refractivity contribution in [3.8, 4) is 5.75 Å². The second kappa shape index (κ2) is 6.83. The highest BCUT2D eigenvalue weighted by Crippen LogP contribution is 2.34. The van der Waals surface area contributed by atoms with Gasteiger partial charge < -0.3 is 4.74 Å². The van der Waals surface area contributed by atoms with Gasteiger partial charge in [0.15, 0.2) is 0 Å². The van der Waals surface area contributed by atoms with Gasteiger partial charge >= 0.3 is 0 Å². The zero-order valence-corrected chi connectivity index (χ0v) is 13.3. The number of hydrogen-bond donors (Lipinski definition) is 0. The van der Waals surface area contributed by atoms with E-state index < -0.39 is 0 Å². The molecule has 2 aliphatic rings. The van der Waals surface area contributed by atoms with Gasteiger partial charge in [-0.15, -0.1) is 0 Å². The number of halogens is 1. The first-order valence-electron chi connectivity index (χ1n) is 8.18. The molecular formula is C18H23ClO2. The lowest BCUT2D eigenvalue weighted by Gasteiger charge is -2.14. The number of fused-ring (bicyclic) bond motifs is 1. The average molecular weight is 307 g/mol. The first-order chi connectivity index (χ1) is 10.2. The van der Waals surface area contributed by atoms with Gasteiger partial charge in [0.1, 0.15) is 11.5 Å². The first kappa shape index (κ1) is 14.9. The molecule has 0 amide bonds. The van der Waals surface area contributed by atoms with E-state index in [0.29, 0.717) is 24.7 Å². The summed E-state index contributed by atoms with van der Waals surface area (Å²) in [5, 5.41) is 0.719. The van der Waals surface area contributed by atoms with Crippen molar-refractivity contribution in [3.63, 3.8) is 0 Å². The number of Topliss-reactive ketones (excluding diaryl/α,β-unsaturated/α-hetero) is 1. The van der Waals surface area contributed by atoms with Crippen LogP contribution in [0.2, 0.25) is 5.02 Å². The second-order valence-electron chi connectivity index (χ2n) is 6.43. The van der Waals surface area contributed by atoms with Gasteiger partial charge in [-0.05, 0) is 23.6 Å². The summed E-state index contributed by atoms with van der Waals surface area (Å²) in [4.78, 5) is 12.4. The Labute approximate surface area is 131 Å². The minimum Gasteiger partial charge on any atom is -0.493 e. The number of ketones is 1. The smallest absolute Gasteiger partial charge is 0.137 e. The van der Waals surface area contributed by atoms with Crippen molar-refractivity contribution < 1.29 is 9.53 Å². The highest BCUT2D eigenvalue weighted by atomic mass is 35.5. The highest BCUT2D eigenvalue weighted by Gasteiger charge is 2.21. The molecule has 1 saturated carbocycles. The van der Waals surface area contributed by atoms with Gasteiger partial charge in [0.2, 0.25) is 0 Å². The maximum absolute atomic E-state index is 12.4. The molecule has 0 unspecified atom stereocenters. The number of carbonyl (C=O) groups excluding carboxylic acids is 1. The monoisotopic (exact) mass is 306 g/mol. The molecule has 21 heavy (non-hydrogen) atoms. The SMILES string of the molecule is O=C(Cc1cc(Cl)cc2c1OCC2)CC1CCCCCC1. The second-order valence-corrected chi connectivity index (χ2v) is 6.87. The fourth-order valence-electron chi connectivity index (χ4n) is 3.65. The minimum atomic E-state index is 0.335. The summed E-state index contributed by atoms with van der Waals surface area (Å²) >= 11 is 6.16. The van der Waals surface area contributed by atoms with Crippen molar-refractivity contribution in [1.29, 1.82) is 0 Å². The standard InChI is InChI=1S/C18H23ClO2/c19-16-10-14-7-8-21-18(14)15(11-16)12-17(20)9-13-5-3-1-2-4-6-13/h10-11,13H,1-9,12H2. The van der Waals surface area contributed by atoms with Crippen LogP contribution >= 0.6 is 11.6 Å². The minimum absolute atomic E-state index is 0.335. The fraction of sp³-hybridized carbons (Fsp3) is 0.611. The Bertz CT molecular complexity index is 516. The van der Waals surface area contributed by atoms with Gasteiger partial charge in [0.05, 0.1) is 6.61 Å². The van der Waals surface area contributed by atoms with Gasteiger partial charge in [-0.1, -0.05) is 50.1 Å². The topological polar surface area (TPSA) is 26.3 Å². The molecule has 0 bridgehead atoms. The average Bonchev–Trinajstić information content (AvgIpc) is 2.76. The molecule has 2 nitrogen and oxygen atoms in total. The van der Waals surface area contributed by atoms with Crippen LogP contribution in [0.4, 0.5) is 0 Å². The van der Waals surface area contributed by atoms with Crippen molar-refractivity contribution in [2.75, 3.05) is 6.61 Å². The van der Waals surface area contributed by atoms with Crippen LogP contribution < -0.4 is 4.74 Å². The van der Waals surface area contributed by atoms with Crippen LogP contribution in [0.5, 0.6) is 5.75 Å². The fourth-order valence-corrected chi connectivity index (χ4v) is 3.92. The van der Waals surface area contributed by atoms with E-state index in [-0.39, 0.29) is 0 Å². The molecule has 1 aromatic rings. The first-order valence-corrected chi connectivity index (χ1v) is 8.56. The molecule has 0 spiro atoms. The number of carbonyl (C=O) groups is 1. The van der Waals surface area contributed by atoms with Crippen LogP contribution in [0, 0.1) is 5.92 Å². The maximum atomic E-state index is 12.4. The molecule has 1 fully saturated rings. The van der Waals surface area contributed by atoms with Crippen LogP contribution in [-0.4, -0.2) is 12.4 Å². The number of hydrogen-bond acceptors (Lipinski definition) is 2. The van der Waals surface area contributed by atoms with E-state index in [9.17, 15) is 4.79 Å². The van der Waals surface area contributed by atoms with Crippen molar-refractivity contribution in [2.45, 2.75) is 57.8 Å². The highest BCUT2D eigenvalue weighted by molar-refractivity contribution is 6.30. The Hall–Kier alpha value is -1.02. The van der Waals surface area contributed by atoms with Crippen LogP contribution in [0.1, 0.15) is 56.1 Å². The molecule has 3 heteroatoms. The van der Waals surface area contributed by atoms with E-state index in [1.165, 1.54) is 38.5 Å². The van der Waals surface area contributed by atoms with E-state index in [2.05, 4.69) is 0 Å². The molecule has 3 rings (SSSR count). The van der Waals surface area contributed by atoms with Gasteiger partial charge in [-0.2, -0.15) is 0 Å². The Balaban J connectivity index is 1.65. The summed E-state index contributed by atoms with van der Waals surface area (Å²) < 4.78 is 5.68. The molecule has 0 atom stereocenters. The number of rotatable bonds is 4. The normalized spacial score (nSPS) is 18.9. The summed E-state index contributed by atoms with van der Waals surface area (Å²) in [5.74, 6) is 1.84. The Kier molecular flexibility index (Phi) is 4.84. The Morgan fingerprint density at radius 3 is 2.71 bits per heavy atom. The zero-order valence-electron chi connectivity index (χ0n) is 12.5. The summed E-state index contributed by atoms with van der Waals surface area (Å²) in [6.45, 7) is 0.708. The molecule has 0 aromatic heterocycles. The van der Waals surface area contributed by atoms with E-state index in [1.807, 2.05) is 12.1 Å². The van der Waals surface area contributed by atoms with Gasteiger partial charge in [-0.3, -0.25) is 4.79 Å². The Morgan fingerprint density at radius 1 is 1.19 bits per heavy atom. The van der Waals surface area contributed by atoms with Gasteiger partial charge in [0.25, 0.3) is 0 Å². The molecule has 1 aliphatic carbocycles. The summed E-state index contributed by atoms with van der Waals surface area (Å²) in [5.41, 5.74) is 2.13. The van der Waals surface area contributed by atoms with Crippen molar-refractivity contribution in [3.05, 3.63) is 28.3 Å². The van der Waals surface area contributed by atoms with Crippen LogP contribution in [0.25, 0.3) is 0 Å². The van der Waals surface area contributed by atoms with Crippen LogP contribution in [0.15, 0.2) is 12.1 Å². The third-order valence-electron chi connectivity index (χ3n) is 4.70. The molecular weight excluding hydrogens is 284 g/mol. The molecule has 0 radical (unpaired) electrons. The summed E-state index contributed by atoms with van der Waals surface area (Å²) in [6, 6.07) is 3.86.